The van der Waals surface area contributed by atoms with Gasteiger partial charge in [0.2, 0.25) is 5.91 Å². The first-order valence-corrected chi connectivity index (χ1v) is 10.9. The standard InChI is InChI=1S/C25H28FN3O2/c1-18-7-6-14-28(16-18)24(30)12-13-27-25(31)23-15-19-8-3-5-11-22(19)29(23)17-20-9-2-4-10-21(20)26/h2-5,8-11,15,18H,6-7,12-14,16-17H2,1H3,(H,27,31). The van der Waals surface area contributed by atoms with E-state index in [2.05, 4.69) is 12.2 Å². The van der Waals surface area contributed by atoms with Crippen LogP contribution in [0.5, 0.6) is 0 Å². The third-order valence-electron chi connectivity index (χ3n) is 5.96. The third kappa shape index (κ3) is 4.79. The number of amides is 2. The van der Waals surface area contributed by atoms with E-state index in [4.69, 9.17) is 0 Å². The maximum atomic E-state index is 14.3. The zero-order valence-electron chi connectivity index (χ0n) is 17.8. The molecule has 0 spiro atoms. The molecular weight excluding hydrogens is 393 g/mol. The highest BCUT2D eigenvalue weighted by Gasteiger charge is 2.21. The van der Waals surface area contributed by atoms with Gasteiger partial charge in [-0.2, -0.15) is 0 Å². The molecule has 0 saturated carbocycles. The molecule has 5 nitrogen and oxygen atoms in total. The summed E-state index contributed by atoms with van der Waals surface area (Å²) >= 11 is 0. The molecule has 162 valence electrons. The van der Waals surface area contributed by atoms with Crippen LogP contribution in [0.4, 0.5) is 4.39 Å². The van der Waals surface area contributed by atoms with Gasteiger partial charge in [-0.25, -0.2) is 4.39 Å². The molecule has 1 N–H and O–H groups in total. The Hall–Kier alpha value is -3.15. The Labute approximate surface area is 181 Å². The maximum absolute atomic E-state index is 14.3. The first kappa shape index (κ1) is 21.1. The minimum absolute atomic E-state index is 0.0822. The van der Waals surface area contributed by atoms with Crippen molar-refractivity contribution in [2.24, 2.45) is 5.92 Å². The lowest BCUT2D eigenvalue weighted by Crippen LogP contribution is -2.40. The number of rotatable bonds is 6. The van der Waals surface area contributed by atoms with Crippen molar-refractivity contribution in [3.05, 3.63) is 71.7 Å². The van der Waals surface area contributed by atoms with Crippen LogP contribution < -0.4 is 5.32 Å². The predicted octanol–water partition coefficient (Wildman–Crippen LogP) is 4.21. The van der Waals surface area contributed by atoms with E-state index in [0.29, 0.717) is 17.2 Å². The summed E-state index contributed by atoms with van der Waals surface area (Å²) in [6.07, 6.45) is 2.48. The van der Waals surface area contributed by atoms with Crippen LogP contribution in [0.1, 0.15) is 42.2 Å². The quantitative estimate of drug-likeness (QED) is 0.648. The van der Waals surface area contributed by atoms with Crippen LogP contribution in [0, 0.1) is 11.7 Å². The summed E-state index contributed by atoms with van der Waals surface area (Å²) in [6, 6.07) is 16.1. The molecule has 2 amide bonds. The molecule has 2 aromatic carbocycles. The highest BCUT2D eigenvalue weighted by atomic mass is 19.1. The summed E-state index contributed by atoms with van der Waals surface area (Å²) in [7, 11) is 0. The minimum Gasteiger partial charge on any atom is -0.350 e. The second kappa shape index (κ2) is 9.33. The summed E-state index contributed by atoms with van der Waals surface area (Å²) in [4.78, 5) is 27.3. The van der Waals surface area contributed by atoms with Crippen molar-refractivity contribution in [2.75, 3.05) is 19.6 Å². The fourth-order valence-corrected chi connectivity index (χ4v) is 4.31. The first-order chi connectivity index (χ1) is 15.0. The molecule has 31 heavy (non-hydrogen) atoms. The Morgan fingerprint density at radius 1 is 1.13 bits per heavy atom. The Bertz CT molecular complexity index is 1090. The number of para-hydroxylation sites is 1. The van der Waals surface area contributed by atoms with E-state index < -0.39 is 0 Å². The lowest BCUT2D eigenvalue weighted by atomic mass is 10.00. The topological polar surface area (TPSA) is 54.3 Å². The number of likely N-dealkylation sites (tertiary alicyclic amines) is 1. The largest absolute Gasteiger partial charge is 0.350 e. The van der Waals surface area contributed by atoms with E-state index in [1.54, 1.807) is 18.2 Å². The van der Waals surface area contributed by atoms with Gasteiger partial charge in [0.05, 0.1) is 6.54 Å². The molecule has 0 radical (unpaired) electrons. The zero-order valence-corrected chi connectivity index (χ0v) is 17.8. The molecule has 0 bridgehead atoms. The number of carbonyl (C=O) groups excluding carboxylic acids is 2. The lowest BCUT2D eigenvalue weighted by molar-refractivity contribution is -0.132. The van der Waals surface area contributed by atoms with E-state index in [-0.39, 0.29) is 37.1 Å². The van der Waals surface area contributed by atoms with Gasteiger partial charge in [-0.3, -0.25) is 9.59 Å². The highest BCUT2D eigenvalue weighted by Crippen LogP contribution is 2.22. The molecular formula is C25H28FN3O2. The summed E-state index contributed by atoms with van der Waals surface area (Å²) < 4.78 is 16.1. The molecule has 6 heteroatoms. The van der Waals surface area contributed by atoms with Crippen LogP contribution in [0.15, 0.2) is 54.6 Å². The molecule has 3 aromatic rings. The molecule has 1 aromatic heterocycles. The number of benzene rings is 2. The summed E-state index contributed by atoms with van der Waals surface area (Å²) in [5, 5.41) is 3.80. The normalized spacial score (nSPS) is 16.5. The van der Waals surface area contributed by atoms with Gasteiger partial charge in [-0.1, -0.05) is 43.3 Å². The minimum atomic E-state index is -0.298. The van der Waals surface area contributed by atoms with Crippen LogP contribution >= 0.6 is 0 Å². The van der Waals surface area contributed by atoms with Crippen LogP contribution in [0.25, 0.3) is 10.9 Å². The SMILES string of the molecule is CC1CCCN(C(=O)CCNC(=O)c2cc3ccccc3n2Cc2ccccc2F)C1. The van der Waals surface area contributed by atoms with Crippen molar-refractivity contribution in [3.8, 4) is 0 Å². The van der Waals surface area contributed by atoms with Gasteiger partial charge in [-0.15, -0.1) is 0 Å². The lowest BCUT2D eigenvalue weighted by Gasteiger charge is -2.31. The van der Waals surface area contributed by atoms with Gasteiger partial charge >= 0.3 is 0 Å². The number of hydrogen-bond donors (Lipinski definition) is 1. The maximum Gasteiger partial charge on any atom is 0.267 e. The molecule has 1 atom stereocenters. The Morgan fingerprint density at radius 3 is 2.71 bits per heavy atom. The van der Waals surface area contributed by atoms with Gasteiger partial charge in [-0.05, 0) is 37.0 Å². The number of nitrogens with zero attached hydrogens (tertiary/aromatic N) is 2. The number of fused-ring (bicyclic) bond motifs is 1. The second-order valence-electron chi connectivity index (χ2n) is 8.36. The van der Waals surface area contributed by atoms with E-state index in [9.17, 15) is 14.0 Å². The fourth-order valence-electron chi connectivity index (χ4n) is 4.31. The van der Waals surface area contributed by atoms with Crippen LogP contribution in [-0.4, -0.2) is 40.9 Å². The summed E-state index contributed by atoms with van der Waals surface area (Å²) in [6.45, 7) is 4.30. The fraction of sp³-hybridized carbons (Fsp3) is 0.360. The summed E-state index contributed by atoms with van der Waals surface area (Å²) in [5.74, 6) is 0.0560. The number of hydrogen-bond acceptors (Lipinski definition) is 2. The number of carbonyl (C=O) groups is 2. The Balaban J connectivity index is 1.47. The molecule has 2 heterocycles. The Kier molecular flexibility index (Phi) is 6.35. The van der Waals surface area contributed by atoms with E-state index in [1.165, 1.54) is 6.07 Å². The van der Waals surface area contributed by atoms with Gasteiger partial charge in [0.25, 0.3) is 5.91 Å². The number of halogens is 1. The van der Waals surface area contributed by atoms with Gasteiger partial charge in [0, 0.05) is 42.5 Å². The molecule has 1 fully saturated rings. The van der Waals surface area contributed by atoms with Crippen molar-refractivity contribution < 1.29 is 14.0 Å². The second-order valence-corrected chi connectivity index (χ2v) is 8.36. The Morgan fingerprint density at radius 2 is 1.90 bits per heavy atom. The van der Waals surface area contributed by atoms with Crippen LogP contribution in [0.2, 0.25) is 0 Å². The van der Waals surface area contributed by atoms with Gasteiger partial charge in [0.15, 0.2) is 0 Å². The number of nitrogens with one attached hydrogen (secondary N) is 1. The van der Waals surface area contributed by atoms with Crippen molar-refractivity contribution in [1.82, 2.24) is 14.8 Å². The zero-order chi connectivity index (χ0) is 21.8. The average Bonchev–Trinajstić information content (AvgIpc) is 3.14. The van der Waals surface area contributed by atoms with Crippen molar-refractivity contribution >= 4 is 22.7 Å². The molecule has 1 aliphatic rings. The molecule has 0 aliphatic carbocycles. The van der Waals surface area contributed by atoms with Crippen molar-refractivity contribution in [2.45, 2.75) is 32.7 Å². The van der Waals surface area contributed by atoms with Crippen molar-refractivity contribution in [3.63, 3.8) is 0 Å². The first-order valence-electron chi connectivity index (χ1n) is 10.9. The van der Waals surface area contributed by atoms with Gasteiger partial charge in [0.1, 0.15) is 11.5 Å². The smallest absolute Gasteiger partial charge is 0.267 e. The van der Waals surface area contributed by atoms with E-state index >= 15 is 0 Å². The molecule has 1 unspecified atom stereocenters. The molecule has 4 rings (SSSR count). The van der Waals surface area contributed by atoms with E-state index in [1.807, 2.05) is 39.8 Å². The molecule has 1 saturated heterocycles. The predicted molar refractivity (Wildman–Crippen MR) is 119 cm³/mol. The molecule has 1 aliphatic heterocycles. The van der Waals surface area contributed by atoms with Gasteiger partial charge < -0.3 is 14.8 Å². The number of aromatic nitrogens is 1. The summed E-state index contributed by atoms with van der Waals surface area (Å²) in [5.41, 5.74) is 1.85. The highest BCUT2D eigenvalue weighted by molar-refractivity contribution is 5.99. The average molecular weight is 422 g/mol. The van der Waals surface area contributed by atoms with E-state index in [0.717, 1.165) is 36.8 Å². The monoisotopic (exact) mass is 421 g/mol. The number of piperidine rings is 1. The third-order valence-corrected chi connectivity index (χ3v) is 5.96. The van der Waals surface area contributed by atoms with Crippen LogP contribution in [-0.2, 0) is 11.3 Å². The van der Waals surface area contributed by atoms with Crippen LogP contribution in [0.3, 0.4) is 0 Å². The van der Waals surface area contributed by atoms with Crippen molar-refractivity contribution in [1.29, 1.82) is 0 Å².